The molecule has 148 valence electrons. The summed E-state index contributed by atoms with van der Waals surface area (Å²) in [5.74, 6) is -0.0464. The van der Waals surface area contributed by atoms with Crippen LogP contribution in [0.5, 0.6) is 0 Å². The van der Waals surface area contributed by atoms with Gasteiger partial charge >= 0.3 is 0 Å². The van der Waals surface area contributed by atoms with E-state index in [4.69, 9.17) is 23.2 Å². The molecule has 0 spiro atoms. The lowest BCUT2D eigenvalue weighted by molar-refractivity contribution is -0.129. The second-order valence-corrected chi connectivity index (χ2v) is 8.46. The second kappa shape index (κ2) is 8.54. The van der Waals surface area contributed by atoms with E-state index >= 15 is 0 Å². The van der Waals surface area contributed by atoms with Crippen molar-refractivity contribution in [2.45, 2.75) is 44.1 Å². The van der Waals surface area contributed by atoms with E-state index in [-0.39, 0.29) is 23.7 Å². The quantitative estimate of drug-likeness (QED) is 0.715. The lowest BCUT2D eigenvalue weighted by Crippen LogP contribution is -2.52. The minimum absolute atomic E-state index is 0.0445. The van der Waals surface area contributed by atoms with Crippen molar-refractivity contribution < 1.29 is 9.59 Å². The fourth-order valence-electron chi connectivity index (χ4n) is 3.66. The van der Waals surface area contributed by atoms with E-state index in [0.29, 0.717) is 29.4 Å². The van der Waals surface area contributed by atoms with E-state index in [1.165, 1.54) is 0 Å². The van der Waals surface area contributed by atoms with Crippen LogP contribution in [0, 0.1) is 0 Å². The minimum atomic E-state index is -0.842. The van der Waals surface area contributed by atoms with Gasteiger partial charge in [-0.15, -0.1) is 0 Å². The zero-order valence-electron chi connectivity index (χ0n) is 16.0. The first-order valence-corrected chi connectivity index (χ1v) is 10.1. The van der Waals surface area contributed by atoms with Crippen LogP contribution in [0.3, 0.4) is 0 Å². The van der Waals surface area contributed by atoms with E-state index in [1.807, 2.05) is 48.5 Å². The number of benzene rings is 2. The predicted molar refractivity (Wildman–Crippen MR) is 113 cm³/mol. The molecule has 6 heteroatoms. The van der Waals surface area contributed by atoms with Crippen LogP contribution in [-0.4, -0.2) is 23.9 Å². The number of carbonyl (C=O) groups excluding carboxylic acids is 2. The molecule has 0 bridgehead atoms. The van der Waals surface area contributed by atoms with E-state index in [2.05, 4.69) is 17.6 Å². The molecule has 2 aromatic rings. The van der Waals surface area contributed by atoms with Gasteiger partial charge in [0.15, 0.2) is 0 Å². The number of hydrogen-bond acceptors (Lipinski definition) is 2. The van der Waals surface area contributed by atoms with E-state index in [1.54, 1.807) is 6.92 Å². The molecule has 0 saturated carbocycles. The zero-order chi connectivity index (χ0) is 20.3. The van der Waals surface area contributed by atoms with Gasteiger partial charge in [0, 0.05) is 28.9 Å². The molecular formula is C22H24Cl2N2O2. The molecule has 2 amide bonds. The SMILES string of the molecule is CC(c1ccc(Cl)cc1)C(CNC(=O)C1(C)CCC(=O)N1)c1ccc(Cl)cc1. The van der Waals surface area contributed by atoms with Crippen LogP contribution in [0.25, 0.3) is 0 Å². The maximum Gasteiger partial charge on any atom is 0.245 e. The van der Waals surface area contributed by atoms with Crippen molar-refractivity contribution in [2.75, 3.05) is 6.54 Å². The van der Waals surface area contributed by atoms with Crippen molar-refractivity contribution in [3.05, 3.63) is 69.7 Å². The summed E-state index contributed by atoms with van der Waals surface area (Å²) in [6.45, 7) is 4.36. The van der Waals surface area contributed by atoms with Crippen molar-refractivity contribution in [1.82, 2.24) is 10.6 Å². The summed E-state index contributed by atoms with van der Waals surface area (Å²) in [6, 6.07) is 15.5. The summed E-state index contributed by atoms with van der Waals surface area (Å²) in [5.41, 5.74) is 1.39. The van der Waals surface area contributed by atoms with Gasteiger partial charge in [-0.05, 0) is 54.7 Å². The van der Waals surface area contributed by atoms with Crippen molar-refractivity contribution in [1.29, 1.82) is 0 Å². The fraction of sp³-hybridized carbons (Fsp3) is 0.364. The topological polar surface area (TPSA) is 58.2 Å². The van der Waals surface area contributed by atoms with Crippen LogP contribution in [-0.2, 0) is 9.59 Å². The lowest BCUT2D eigenvalue weighted by Gasteiger charge is -2.28. The molecule has 1 aliphatic heterocycles. The van der Waals surface area contributed by atoms with E-state index in [0.717, 1.165) is 11.1 Å². The number of amides is 2. The van der Waals surface area contributed by atoms with Crippen molar-refractivity contribution in [3.8, 4) is 0 Å². The summed E-state index contributed by atoms with van der Waals surface area (Å²) in [6.07, 6.45) is 0.891. The Kier molecular flexibility index (Phi) is 6.31. The summed E-state index contributed by atoms with van der Waals surface area (Å²) in [5, 5.41) is 7.20. The zero-order valence-corrected chi connectivity index (χ0v) is 17.5. The number of halogens is 2. The highest BCUT2D eigenvalue weighted by Crippen LogP contribution is 2.33. The lowest BCUT2D eigenvalue weighted by atomic mass is 9.82. The summed E-state index contributed by atoms with van der Waals surface area (Å²) < 4.78 is 0. The first-order chi connectivity index (χ1) is 13.3. The monoisotopic (exact) mass is 418 g/mol. The Labute approximate surface area is 175 Å². The van der Waals surface area contributed by atoms with Gasteiger partial charge in [0.1, 0.15) is 5.54 Å². The van der Waals surface area contributed by atoms with Gasteiger partial charge in [-0.3, -0.25) is 9.59 Å². The number of nitrogens with one attached hydrogen (secondary N) is 2. The summed E-state index contributed by atoms with van der Waals surface area (Å²) in [4.78, 5) is 24.3. The molecule has 3 unspecified atom stereocenters. The van der Waals surface area contributed by atoms with Crippen molar-refractivity contribution in [3.63, 3.8) is 0 Å². The molecule has 4 nitrogen and oxygen atoms in total. The van der Waals surface area contributed by atoms with Crippen LogP contribution in [0.4, 0.5) is 0 Å². The third-order valence-corrected chi connectivity index (χ3v) is 6.05. The number of carbonyl (C=O) groups is 2. The molecule has 2 N–H and O–H groups in total. The van der Waals surface area contributed by atoms with Gasteiger partial charge in [-0.1, -0.05) is 54.4 Å². The van der Waals surface area contributed by atoms with Crippen molar-refractivity contribution in [2.24, 2.45) is 0 Å². The van der Waals surface area contributed by atoms with Crippen LogP contribution in [0.15, 0.2) is 48.5 Å². The Balaban J connectivity index is 1.80. The van der Waals surface area contributed by atoms with Crippen LogP contribution >= 0.6 is 23.2 Å². The maximum atomic E-state index is 12.7. The van der Waals surface area contributed by atoms with E-state index < -0.39 is 5.54 Å². The van der Waals surface area contributed by atoms with Gasteiger partial charge in [0.05, 0.1) is 0 Å². The molecule has 1 heterocycles. The van der Waals surface area contributed by atoms with Gasteiger partial charge in [0.25, 0.3) is 0 Å². The Bertz CT molecular complexity index is 852. The van der Waals surface area contributed by atoms with Crippen LogP contribution in [0.1, 0.15) is 49.7 Å². The summed E-state index contributed by atoms with van der Waals surface area (Å²) in [7, 11) is 0. The average molecular weight is 419 g/mol. The Hall–Kier alpha value is -2.04. The largest absolute Gasteiger partial charge is 0.353 e. The molecule has 1 saturated heterocycles. The van der Waals surface area contributed by atoms with Crippen molar-refractivity contribution >= 4 is 35.0 Å². The molecule has 0 aromatic heterocycles. The van der Waals surface area contributed by atoms with Gasteiger partial charge < -0.3 is 10.6 Å². The molecular weight excluding hydrogens is 395 g/mol. The molecule has 1 fully saturated rings. The second-order valence-electron chi connectivity index (χ2n) is 7.59. The van der Waals surface area contributed by atoms with Gasteiger partial charge in [0.2, 0.25) is 11.8 Å². The number of rotatable bonds is 6. The highest BCUT2D eigenvalue weighted by molar-refractivity contribution is 6.30. The van der Waals surface area contributed by atoms with Gasteiger partial charge in [-0.25, -0.2) is 0 Å². The molecule has 0 aliphatic carbocycles. The molecule has 1 aliphatic rings. The predicted octanol–water partition coefficient (Wildman–Crippen LogP) is 4.67. The smallest absolute Gasteiger partial charge is 0.245 e. The molecule has 0 radical (unpaired) electrons. The third-order valence-electron chi connectivity index (χ3n) is 5.55. The Morgan fingerprint density at radius 3 is 2.11 bits per heavy atom. The van der Waals surface area contributed by atoms with E-state index in [9.17, 15) is 9.59 Å². The minimum Gasteiger partial charge on any atom is -0.353 e. The molecule has 3 atom stereocenters. The molecule has 28 heavy (non-hydrogen) atoms. The third kappa shape index (κ3) is 4.68. The highest BCUT2D eigenvalue weighted by atomic mass is 35.5. The first-order valence-electron chi connectivity index (χ1n) is 9.39. The Morgan fingerprint density at radius 2 is 1.61 bits per heavy atom. The normalized spacial score (nSPS) is 21.1. The average Bonchev–Trinajstić information content (AvgIpc) is 3.03. The first kappa shape index (κ1) is 20.7. The highest BCUT2D eigenvalue weighted by Gasteiger charge is 2.40. The summed E-state index contributed by atoms with van der Waals surface area (Å²) >= 11 is 12.1. The Morgan fingerprint density at radius 1 is 1.07 bits per heavy atom. The molecule has 3 rings (SSSR count). The fourth-order valence-corrected chi connectivity index (χ4v) is 3.91. The standard InChI is InChI=1S/C22H24Cl2N2O2/c1-14(15-3-7-17(23)8-4-15)19(16-5-9-18(24)10-6-16)13-25-21(28)22(2)12-11-20(27)26-22/h3-10,14,19H,11-13H2,1-2H3,(H,25,28)(H,26,27). The molecule has 2 aromatic carbocycles. The van der Waals surface area contributed by atoms with Gasteiger partial charge in [-0.2, -0.15) is 0 Å². The van der Waals surface area contributed by atoms with Crippen LogP contribution in [0.2, 0.25) is 10.0 Å². The van der Waals surface area contributed by atoms with Crippen LogP contribution < -0.4 is 10.6 Å². The number of hydrogen-bond donors (Lipinski definition) is 2. The maximum absolute atomic E-state index is 12.7.